The molecule has 0 unspecified atom stereocenters. The topological polar surface area (TPSA) is 69.2 Å². The average Bonchev–Trinajstić information content (AvgIpc) is 2.46. The van der Waals surface area contributed by atoms with Gasteiger partial charge in [-0.1, -0.05) is 24.3 Å². The standard InChI is InChI=1S/C15H14F3NO3/c16-15(17,18)11-7-3-4-8-12(11)19-13(20)9-5-1-2-6-10(9)14(21)22/h1-4,7-10H,5-6H2,(H,19,20)(H,21,22)/p-1/t9-,10+/m1/s1. The molecular formula is C15H13F3NO3-. The number of para-hydroxylation sites is 1. The molecule has 22 heavy (non-hydrogen) atoms. The van der Waals surface area contributed by atoms with Crippen molar-refractivity contribution in [3.05, 3.63) is 42.0 Å². The Morgan fingerprint density at radius 1 is 1.09 bits per heavy atom. The smallest absolute Gasteiger partial charge is 0.418 e. The number of carboxylic acid groups (broad SMARTS) is 1. The summed E-state index contributed by atoms with van der Waals surface area (Å²) < 4.78 is 38.6. The van der Waals surface area contributed by atoms with Crippen molar-refractivity contribution in [2.24, 2.45) is 11.8 Å². The number of alkyl halides is 3. The molecule has 0 saturated carbocycles. The Kier molecular flexibility index (Phi) is 4.54. The van der Waals surface area contributed by atoms with Crippen LogP contribution in [0, 0.1) is 11.8 Å². The van der Waals surface area contributed by atoms with Crippen molar-refractivity contribution in [1.82, 2.24) is 0 Å². The van der Waals surface area contributed by atoms with E-state index in [1.165, 1.54) is 12.1 Å². The zero-order valence-corrected chi connectivity index (χ0v) is 11.4. The lowest BCUT2D eigenvalue weighted by Gasteiger charge is -2.28. The number of anilines is 1. The molecule has 0 aromatic heterocycles. The van der Waals surface area contributed by atoms with Gasteiger partial charge >= 0.3 is 6.18 Å². The van der Waals surface area contributed by atoms with Gasteiger partial charge in [0, 0.05) is 11.9 Å². The molecule has 0 radical (unpaired) electrons. The van der Waals surface area contributed by atoms with E-state index in [4.69, 9.17) is 0 Å². The molecule has 1 aromatic rings. The van der Waals surface area contributed by atoms with Crippen molar-refractivity contribution in [1.29, 1.82) is 0 Å². The molecule has 118 valence electrons. The molecule has 1 N–H and O–H groups in total. The highest BCUT2D eigenvalue weighted by molar-refractivity contribution is 5.95. The molecule has 4 nitrogen and oxygen atoms in total. The number of amides is 1. The van der Waals surface area contributed by atoms with Crippen molar-refractivity contribution < 1.29 is 27.9 Å². The predicted molar refractivity (Wildman–Crippen MR) is 70.4 cm³/mol. The molecule has 2 atom stereocenters. The minimum Gasteiger partial charge on any atom is -0.550 e. The summed E-state index contributed by atoms with van der Waals surface area (Å²) in [6.45, 7) is 0. The van der Waals surface area contributed by atoms with Crippen LogP contribution in [-0.2, 0) is 15.8 Å². The van der Waals surface area contributed by atoms with Gasteiger partial charge in [0.25, 0.3) is 0 Å². The summed E-state index contributed by atoms with van der Waals surface area (Å²) in [5.74, 6) is -4.12. The van der Waals surface area contributed by atoms with Crippen LogP contribution in [0.15, 0.2) is 36.4 Å². The number of carboxylic acids is 1. The second-order valence-corrected chi connectivity index (χ2v) is 5.01. The number of aliphatic carboxylic acids is 1. The molecule has 0 heterocycles. The highest BCUT2D eigenvalue weighted by atomic mass is 19.4. The quantitative estimate of drug-likeness (QED) is 0.868. The molecule has 0 fully saturated rings. The summed E-state index contributed by atoms with van der Waals surface area (Å²) in [5, 5.41) is 13.2. The monoisotopic (exact) mass is 312 g/mol. The molecule has 7 heteroatoms. The fourth-order valence-electron chi connectivity index (χ4n) is 2.43. The van der Waals surface area contributed by atoms with Gasteiger partial charge in [0.15, 0.2) is 0 Å². The lowest BCUT2D eigenvalue weighted by atomic mass is 9.82. The Labute approximate surface area is 124 Å². The van der Waals surface area contributed by atoms with Gasteiger partial charge in [-0.3, -0.25) is 4.79 Å². The van der Waals surface area contributed by atoms with Gasteiger partial charge in [-0.25, -0.2) is 0 Å². The van der Waals surface area contributed by atoms with Crippen LogP contribution in [0.2, 0.25) is 0 Å². The van der Waals surface area contributed by atoms with E-state index in [1.807, 2.05) is 0 Å². The van der Waals surface area contributed by atoms with E-state index in [0.29, 0.717) is 0 Å². The maximum absolute atomic E-state index is 12.9. The van der Waals surface area contributed by atoms with Crippen LogP contribution in [0.1, 0.15) is 18.4 Å². The summed E-state index contributed by atoms with van der Waals surface area (Å²) in [7, 11) is 0. The molecule has 1 aromatic carbocycles. The fraction of sp³-hybridized carbons (Fsp3) is 0.333. The molecule has 0 bridgehead atoms. The maximum Gasteiger partial charge on any atom is 0.418 e. The minimum absolute atomic E-state index is 0.126. The number of halogens is 3. The first-order chi connectivity index (χ1) is 10.3. The zero-order valence-electron chi connectivity index (χ0n) is 11.4. The van der Waals surface area contributed by atoms with Crippen molar-refractivity contribution in [2.75, 3.05) is 5.32 Å². The number of rotatable bonds is 3. The summed E-state index contributed by atoms with van der Waals surface area (Å²) in [4.78, 5) is 23.2. The van der Waals surface area contributed by atoms with Crippen molar-refractivity contribution in [2.45, 2.75) is 19.0 Å². The maximum atomic E-state index is 12.9. The van der Waals surface area contributed by atoms with Gasteiger partial charge in [0.2, 0.25) is 5.91 Å². The third-order valence-corrected chi connectivity index (χ3v) is 3.56. The van der Waals surface area contributed by atoms with Gasteiger partial charge in [0.1, 0.15) is 0 Å². The first-order valence-electron chi connectivity index (χ1n) is 6.63. The fourth-order valence-corrected chi connectivity index (χ4v) is 2.43. The normalized spacial score (nSPS) is 21.4. The number of allylic oxidation sites excluding steroid dienone is 2. The molecular weight excluding hydrogens is 299 g/mol. The number of benzene rings is 1. The van der Waals surface area contributed by atoms with Crippen LogP contribution in [-0.4, -0.2) is 11.9 Å². The van der Waals surface area contributed by atoms with Crippen LogP contribution in [0.4, 0.5) is 18.9 Å². The molecule has 2 rings (SSSR count). The number of carbonyl (C=O) groups excluding carboxylic acids is 2. The van der Waals surface area contributed by atoms with E-state index in [-0.39, 0.29) is 18.5 Å². The minimum atomic E-state index is -4.61. The van der Waals surface area contributed by atoms with Gasteiger partial charge in [-0.15, -0.1) is 0 Å². The first kappa shape index (κ1) is 16.1. The van der Waals surface area contributed by atoms with E-state index in [1.54, 1.807) is 12.2 Å². The SMILES string of the molecule is O=C([O-])[C@H]1CC=CC[C@H]1C(=O)Nc1ccccc1C(F)(F)F. The van der Waals surface area contributed by atoms with Crippen LogP contribution in [0.25, 0.3) is 0 Å². The highest BCUT2D eigenvalue weighted by Crippen LogP contribution is 2.35. The van der Waals surface area contributed by atoms with Crippen LogP contribution < -0.4 is 10.4 Å². The lowest BCUT2D eigenvalue weighted by molar-refractivity contribution is -0.313. The van der Waals surface area contributed by atoms with Crippen LogP contribution >= 0.6 is 0 Å². The Balaban J connectivity index is 2.22. The summed E-state index contributed by atoms with van der Waals surface area (Å²) in [5.41, 5.74) is -1.36. The van der Waals surface area contributed by atoms with E-state index >= 15 is 0 Å². The average molecular weight is 312 g/mol. The third kappa shape index (κ3) is 3.47. The first-order valence-corrected chi connectivity index (χ1v) is 6.63. The van der Waals surface area contributed by atoms with Crippen LogP contribution in [0.3, 0.4) is 0 Å². The summed E-state index contributed by atoms with van der Waals surface area (Å²) >= 11 is 0. The highest BCUT2D eigenvalue weighted by Gasteiger charge is 2.35. The molecule has 0 spiro atoms. The Bertz CT molecular complexity index is 610. The van der Waals surface area contributed by atoms with Crippen molar-refractivity contribution >= 4 is 17.6 Å². The van der Waals surface area contributed by atoms with Gasteiger partial charge in [-0.05, 0) is 25.0 Å². The Morgan fingerprint density at radius 2 is 1.68 bits per heavy atom. The third-order valence-electron chi connectivity index (χ3n) is 3.56. The second-order valence-electron chi connectivity index (χ2n) is 5.01. The predicted octanol–water partition coefficient (Wildman–Crippen LogP) is 1.98. The molecule has 1 amide bonds. The number of nitrogens with one attached hydrogen (secondary N) is 1. The van der Waals surface area contributed by atoms with E-state index in [9.17, 15) is 27.9 Å². The molecule has 0 saturated heterocycles. The molecule has 1 aliphatic rings. The Hall–Kier alpha value is -2.31. The summed E-state index contributed by atoms with van der Waals surface area (Å²) in [6, 6.07) is 4.56. The van der Waals surface area contributed by atoms with Gasteiger partial charge < -0.3 is 15.2 Å². The molecule has 0 aliphatic heterocycles. The van der Waals surface area contributed by atoms with Crippen LogP contribution in [0.5, 0.6) is 0 Å². The Morgan fingerprint density at radius 3 is 2.27 bits per heavy atom. The van der Waals surface area contributed by atoms with Gasteiger partial charge in [-0.2, -0.15) is 13.2 Å². The summed E-state index contributed by atoms with van der Waals surface area (Å²) in [6.07, 6.45) is -1.07. The number of hydrogen-bond acceptors (Lipinski definition) is 3. The number of carbonyl (C=O) groups is 2. The second kappa shape index (κ2) is 6.21. The number of hydrogen-bond donors (Lipinski definition) is 1. The van der Waals surface area contributed by atoms with E-state index in [0.717, 1.165) is 12.1 Å². The van der Waals surface area contributed by atoms with Gasteiger partial charge in [0.05, 0.1) is 17.2 Å². The lowest BCUT2D eigenvalue weighted by Crippen LogP contribution is -2.41. The largest absolute Gasteiger partial charge is 0.550 e. The van der Waals surface area contributed by atoms with Crippen molar-refractivity contribution in [3.8, 4) is 0 Å². The van der Waals surface area contributed by atoms with Crippen molar-refractivity contribution in [3.63, 3.8) is 0 Å². The molecule has 1 aliphatic carbocycles. The van der Waals surface area contributed by atoms with E-state index in [2.05, 4.69) is 5.32 Å². The zero-order chi connectivity index (χ0) is 16.3. The van der Waals surface area contributed by atoms with E-state index < -0.39 is 35.5 Å².